The fourth-order valence-corrected chi connectivity index (χ4v) is 4.27. The van der Waals surface area contributed by atoms with Gasteiger partial charge < -0.3 is 4.90 Å². The average molecular weight is 420 g/mol. The van der Waals surface area contributed by atoms with E-state index in [0.717, 1.165) is 21.3 Å². The van der Waals surface area contributed by atoms with Crippen LogP contribution in [-0.2, 0) is 10.0 Å². The van der Waals surface area contributed by atoms with Crippen LogP contribution in [0.25, 0.3) is 0 Å². The van der Waals surface area contributed by atoms with Crippen LogP contribution in [0.1, 0.15) is 0 Å². The summed E-state index contributed by atoms with van der Waals surface area (Å²) in [4.78, 5) is 13.2. The monoisotopic (exact) mass is 420 g/mol. The predicted molar refractivity (Wildman–Crippen MR) is 88.1 cm³/mol. The number of nitrogens with zero attached hydrogens (tertiary/aromatic N) is 4. The molecule has 28 heavy (non-hydrogen) atoms. The number of hydrogen-bond donors (Lipinski definition) is 0. The van der Waals surface area contributed by atoms with E-state index in [1.165, 1.54) is 12.1 Å². The number of hydrogen-bond acceptors (Lipinski definition) is 6. The molecular formula is C15H12F4N4O4S. The van der Waals surface area contributed by atoms with E-state index in [-0.39, 0.29) is 31.1 Å². The first-order valence-corrected chi connectivity index (χ1v) is 9.26. The van der Waals surface area contributed by atoms with Crippen LogP contribution < -0.4 is 4.90 Å². The van der Waals surface area contributed by atoms with E-state index in [4.69, 9.17) is 0 Å². The number of anilines is 1. The Bertz CT molecular complexity index is 1020. The first kappa shape index (κ1) is 19.9. The maximum atomic E-state index is 13.9. The molecule has 0 amide bonds. The summed E-state index contributed by atoms with van der Waals surface area (Å²) in [7, 11) is -4.11. The van der Waals surface area contributed by atoms with Gasteiger partial charge in [0.15, 0.2) is 0 Å². The molecule has 0 N–H and O–H groups in total. The minimum absolute atomic E-state index is 0.254. The number of piperazine rings is 1. The van der Waals surface area contributed by atoms with Crippen LogP contribution in [-0.4, -0.2) is 48.8 Å². The molecule has 1 aliphatic rings. The van der Waals surface area contributed by atoms with Crippen LogP contribution in [0.5, 0.6) is 0 Å². The number of pyridine rings is 1. The van der Waals surface area contributed by atoms with E-state index in [1.54, 1.807) is 0 Å². The Hall–Kier alpha value is -2.80. The fourth-order valence-electron chi connectivity index (χ4n) is 2.81. The molecule has 1 fully saturated rings. The molecular weight excluding hydrogens is 408 g/mol. The summed E-state index contributed by atoms with van der Waals surface area (Å²) in [6.45, 7) is -1.03. The number of aromatic nitrogens is 1. The third-order valence-electron chi connectivity index (χ3n) is 4.20. The van der Waals surface area contributed by atoms with Crippen LogP contribution in [0.4, 0.5) is 28.9 Å². The molecule has 0 radical (unpaired) electrons. The molecule has 0 spiro atoms. The molecule has 8 nitrogen and oxygen atoms in total. The van der Waals surface area contributed by atoms with Crippen LogP contribution in [0.2, 0.25) is 0 Å². The second kappa shape index (κ2) is 7.31. The molecule has 3 rings (SSSR count). The molecule has 0 bridgehead atoms. The van der Waals surface area contributed by atoms with Gasteiger partial charge in [-0.2, -0.15) is 26.9 Å². The molecule has 13 heteroatoms. The lowest BCUT2D eigenvalue weighted by Gasteiger charge is -2.35. The van der Waals surface area contributed by atoms with Gasteiger partial charge in [0.05, 0.1) is 9.82 Å². The summed E-state index contributed by atoms with van der Waals surface area (Å²) in [5, 5.41) is 10.8. The van der Waals surface area contributed by atoms with E-state index in [0.29, 0.717) is 0 Å². The van der Waals surface area contributed by atoms with E-state index in [9.17, 15) is 36.1 Å². The number of nitro benzene ring substituents is 1. The van der Waals surface area contributed by atoms with Crippen molar-refractivity contribution in [2.45, 2.75) is 4.90 Å². The first-order chi connectivity index (χ1) is 13.1. The standard InChI is InChI=1S/C15H12F4N4O4S/c16-11-13(12(17)15(19)20-14(11)18)21-4-6-22(7-5-21)28(26,27)10-3-1-2-9(8-10)23(24)25/h1-3,8H,4-7H2. The van der Waals surface area contributed by atoms with Crippen LogP contribution in [0.15, 0.2) is 29.2 Å². The van der Waals surface area contributed by atoms with Crippen molar-refractivity contribution in [3.8, 4) is 0 Å². The molecule has 150 valence electrons. The van der Waals surface area contributed by atoms with Gasteiger partial charge in [-0.15, -0.1) is 0 Å². The topological polar surface area (TPSA) is 96.6 Å². The quantitative estimate of drug-likeness (QED) is 0.325. The minimum atomic E-state index is -4.11. The van der Waals surface area contributed by atoms with E-state index in [1.807, 2.05) is 0 Å². The van der Waals surface area contributed by atoms with E-state index >= 15 is 0 Å². The van der Waals surface area contributed by atoms with Crippen molar-refractivity contribution in [1.29, 1.82) is 0 Å². The highest BCUT2D eigenvalue weighted by Gasteiger charge is 2.33. The van der Waals surface area contributed by atoms with Crippen molar-refractivity contribution in [2.75, 3.05) is 31.1 Å². The molecule has 1 aromatic heterocycles. The summed E-state index contributed by atoms with van der Waals surface area (Å²) in [6, 6.07) is 4.43. The molecule has 2 aromatic rings. The smallest absolute Gasteiger partial charge is 0.270 e. The summed E-state index contributed by atoms with van der Waals surface area (Å²) in [5.41, 5.74) is -1.37. The molecule has 0 aliphatic carbocycles. The van der Waals surface area contributed by atoms with Gasteiger partial charge in [-0.05, 0) is 6.07 Å². The van der Waals surface area contributed by atoms with Crippen LogP contribution >= 0.6 is 0 Å². The Kier molecular flexibility index (Phi) is 5.21. The lowest BCUT2D eigenvalue weighted by Crippen LogP contribution is -2.49. The Balaban J connectivity index is 1.83. The third-order valence-corrected chi connectivity index (χ3v) is 6.09. The summed E-state index contributed by atoms with van der Waals surface area (Å²) < 4.78 is 80.6. The summed E-state index contributed by atoms with van der Waals surface area (Å²) in [6.07, 6.45) is 0. The SMILES string of the molecule is O=[N+]([O-])c1cccc(S(=O)(=O)N2CCN(c3c(F)c(F)nc(F)c3F)CC2)c1. The molecule has 1 saturated heterocycles. The fraction of sp³-hybridized carbons (Fsp3) is 0.267. The number of benzene rings is 1. The second-order valence-corrected chi connectivity index (χ2v) is 7.75. The Morgan fingerprint density at radius 2 is 1.57 bits per heavy atom. The van der Waals surface area contributed by atoms with Crippen molar-refractivity contribution in [3.05, 3.63) is 57.9 Å². The highest BCUT2D eigenvalue weighted by Crippen LogP contribution is 2.28. The molecule has 0 unspecified atom stereocenters. The predicted octanol–water partition coefficient (Wildman–Crippen LogP) is 2.06. The lowest BCUT2D eigenvalue weighted by molar-refractivity contribution is -0.385. The summed E-state index contributed by atoms with van der Waals surface area (Å²) >= 11 is 0. The number of sulfonamides is 1. The zero-order valence-electron chi connectivity index (χ0n) is 14.0. The molecule has 0 saturated carbocycles. The molecule has 2 heterocycles. The van der Waals surface area contributed by atoms with Gasteiger partial charge in [0, 0.05) is 38.3 Å². The zero-order valence-corrected chi connectivity index (χ0v) is 14.8. The van der Waals surface area contributed by atoms with Gasteiger partial charge in [-0.25, -0.2) is 8.42 Å². The van der Waals surface area contributed by atoms with Gasteiger partial charge >= 0.3 is 0 Å². The Morgan fingerprint density at radius 1 is 1.00 bits per heavy atom. The third kappa shape index (κ3) is 3.49. The second-order valence-electron chi connectivity index (χ2n) is 5.82. The average Bonchev–Trinajstić information content (AvgIpc) is 2.67. The number of halogens is 4. The van der Waals surface area contributed by atoms with Gasteiger partial charge in [-0.3, -0.25) is 10.1 Å². The van der Waals surface area contributed by atoms with Gasteiger partial charge in [0.25, 0.3) is 17.6 Å². The van der Waals surface area contributed by atoms with E-state index < -0.39 is 49.9 Å². The Morgan fingerprint density at radius 3 is 2.11 bits per heavy atom. The van der Waals surface area contributed by atoms with Gasteiger partial charge in [0.2, 0.25) is 21.7 Å². The highest BCUT2D eigenvalue weighted by molar-refractivity contribution is 7.89. The van der Waals surface area contributed by atoms with Crippen molar-refractivity contribution in [1.82, 2.24) is 9.29 Å². The van der Waals surface area contributed by atoms with Gasteiger partial charge in [-0.1, -0.05) is 6.07 Å². The van der Waals surface area contributed by atoms with Crippen molar-refractivity contribution in [2.24, 2.45) is 0 Å². The molecule has 0 atom stereocenters. The summed E-state index contributed by atoms with van der Waals surface area (Å²) in [5.74, 6) is -6.95. The lowest BCUT2D eigenvalue weighted by atomic mass is 10.2. The van der Waals surface area contributed by atoms with E-state index in [2.05, 4.69) is 4.98 Å². The first-order valence-electron chi connectivity index (χ1n) is 7.82. The van der Waals surface area contributed by atoms with Crippen molar-refractivity contribution in [3.63, 3.8) is 0 Å². The molecule has 1 aromatic carbocycles. The maximum Gasteiger partial charge on any atom is 0.270 e. The largest absolute Gasteiger partial charge is 0.364 e. The minimum Gasteiger partial charge on any atom is -0.364 e. The zero-order chi connectivity index (χ0) is 20.6. The molecule has 1 aliphatic heterocycles. The van der Waals surface area contributed by atoms with Crippen LogP contribution in [0.3, 0.4) is 0 Å². The highest BCUT2D eigenvalue weighted by atomic mass is 32.2. The van der Waals surface area contributed by atoms with Gasteiger partial charge in [0.1, 0.15) is 5.69 Å². The normalized spacial score (nSPS) is 15.6. The number of nitro groups is 1. The number of non-ortho nitro benzene ring substituents is 1. The number of rotatable bonds is 4. The van der Waals surface area contributed by atoms with Crippen molar-refractivity contribution >= 4 is 21.4 Å². The van der Waals surface area contributed by atoms with Crippen molar-refractivity contribution < 1.29 is 30.9 Å². The van der Waals surface area contributed by atoms with Crippen LogP contribution in [0, 0.1) is 33.6 Å². The Labute approximate surface area is 156 Å². The maximum absolute atomic E-state index is 13.9.